The van der Waals surface area contributed by atoms with Crippen molar-refractivity contribution in [1.29, 1.82) is 0 Å². The summed E-state index contributed by atoms with van der Waals surface area (Å²) in [6.45, 7) is 3.68. The van der Waals surface area contributed by atoms with Crippen LogP contribution in [-0.4, -0.2) is 31.1 Å². The molecule has 2 amide bonds. The molecule has 0 radical (unpaired) electrons. The molecule has 0 aliphatic carbocycles. The Hall–Kier alpha value is -3.19. The predicted octanol–water partition coefficient (Wildman–Crippen LogP) is 2.87. The van der Waals surface area contributed by atoms with Gasteiger partial charge in [-0.25, -0.2) is 0 Å². The third kappa shape index (κ3) is 4.71. The maximum Gasteiger partial charge on any atom is 0.273 e. The quantitative estimate of drug-likeness (QED) is 0.520. The highest BCUT2D eigenvalue weighted by Crippen LogP contribution is 2.33. The van der Waals surface area contributed by atoms with Crippen molar-refractivity contribution in [1.82, 2.24) is 10.9 Å². The first-order valence-electron chi connectivity index (χ1n) is 7.86. The van der Waals surface area contributed by atoms with Crippen molar-refractivity contribution in [2.75, 3.05) is 14.2 Å². The molecule has 142 valence electrons. The van der Waals surface area contributed by atoms with Gasteiger partial charge in [-0.05, 0) is 36.8 Å². The van der Waals surface area contributed by atoms with Crippen molar-refractivity contribution < 1.29 is 24.2 Å². The lowest BCUT2D eigenvalue weighted by molar-refractivity contribution is 0.0845. The molecular formula is C19H19ClN2O5. The minimum Gasteiger partial charge on any atom is -0.507 e. The van der Waals surface area contributed by atoms with Gasteiger partial charge in [0.15, 0.2) is 11.5 Å². The lowest BCUT2D eigenvalue weighted by Gasteiger charge is -2.14. The monoisotopic (exact) mass is 390 g/mol. The van der Waals surface area contributed by atoms with E-state index in [4.69, 9.17) is 21.1 Å². The Labute approximate surface area is 161 Å². The van der Waals surface area contributed by atoms with E-state index in [0.29, 0.717) is 23.5 Å². The highest BCUT2D eigenvalue weighted by molar-refractivity contribution is 6.31. The summed E-state index contributed by atoms with van der Waals surface area (Å²) >= 11 is 5.82. The van der Waals surface area contributed by atoms with Crippen LogP contribution in [0.1, 0.15) is 26.3 Å². The zero-order chi connectivity index (χ0) is 20.0. The van der Waals surface area contributed by atoms with Crippen LogP contribution < -0.4 is 20.3 Å². The first-order valence-corrected chi connectivity index (χ1v) is 8.24. The Morgan fingerprint density at radius 3 is 2.48 bits per heavy atom. The highest BCUT2D eigenvalue weighted by Gasteiger charge is 2.17. The number of phenolic OH excluding ortho intramolecular Hbond substituents is 1. The van der Waals surface area contributed by atoms with Gasteiger partial charge in [-0.2, -0.15) is 0 Å². The Kier molecular flexibility index (Phi) is 6.67. The molecule has 8 heteroatoms. The number of hydrogen-bond acceptors (Lipinski definition) is 5. The molecule has 0 aromatic heterocycles. The molecule has 2 aromatic rings. The number of aromatic hydroxyl groups is 1. The topological polar surface area (TPSA) is 96.9 Å². The summed E-state index contributed by atoms with van der Waals surface area (Å²) in [5, 5.41) is 10.0. The summed E-state index contributed by atoms with van der Waals surface area (Å²) in [7, 11) is 2.96. The molecule has 0 unspecified atom stereocenters. The molecule has 2 aromatic carbocycles. The van der Waals surface area contributed by atoms with Crippen LogP contribution in [-0.2, 0) is 6.42 Å². The summed E-state index contributed by atoms with van der Waals surface area (Å²) in [5.41, 5.74) is 5.41. The minimum atomic E-state index is -0.713. The molecule has 3 N–H and O–H groups in total. The number of allylic oxidation sites excluding steroid dienone is 1. The van der Waals surface area contributed by atoms with Gasteiger partial charge in [0.1, 0.15) is 5.75 Å². The number of methoxy groups -OCH3 is 2. The maximum atomic E-state index is 12.4. The summed E-state index contributed by atoms with van der Waals surface area (Å²) in [5.74, 6) is -0.667. The Bertz CT molecular complexity index is 883. The molecular weight excluding hydrogens is 372 g/mol. The van der Waals surface area contributed by atoms with Crippen molar-refractivity contribution in [3.8, 4) is 17.2 Å². The van der Waals surface area contributed by atoms with Crippen LogP contribution in [0.2, 0.25) is 5.02 Å². The van der Waals surface area contributed by atoms with Gasteiger partial charge in [0.2, 0.25) is 0 Å². The number of nitrogens with one attached hydrogen (secondary N) is 2. The number of rotatable bonds is 6. The number of hydrazine groups is 1. The third-order valence-corrected chi connectivity index (χ3v) is 3.91. The van der Waals surface area contributed by atoms with Crippen LogP contribution in [0.5, 0.6) is 17.2 Å². The van der Waals surface area contributed by atoms with Crippen molar-refractivity contribution in [3.63, 3.8) is 0 Å². The smallest absolute Gasteiger partial charge is 0.273 e. The van der Waals surface area contributed by atoms with Crippen LogP contribution in [0.3, 0.4) is 0 Å². The van der Waals surface area contributed by atoms with Gasteiger partial charge in [0, 0.05) is 16.1 Å². The normalized spacial score (nSPS) is 10.0. The second-order valence-electron chi connectivity index (χ2n) is 5.43. The number of carbonyl (C=O) groups is 2. The van der Waals surface area contributed by atoms with Crippen molar-refractivity contribution in [2.45, 2.75) is 6.42 Å². The van der Waals surface area contributed by atoms with E-state index in [2.05, 4.69) is 17.4 Å². The molecule has 7 nitrogen and oxygen atoms in total. The number of phenols is 1. The second-order valence-corrected chi connectivity index (χ2v) is 5.87. The van der Waals surface area contributed by atoms with Gasteiger partial charge in [-0.3, -0.25) is 20.4 Å². The SMILES string of the molecule is C=CCc1cc(C(=O)NNC(=O)c2cc(Cl)ccc2O)cc(OC)c1OC. The molecule has 0 aliphatic heterocycles. The lowest BCUT2D eigenvalue weighted by Crippen LogP contribution is -2.41. The molecule has 0 heterocycles. The van der Waals surface area contributed by atoms with Crippen molar-refractivity contribution >= 4 is 23.4 Å². The van der Waals surface area contributed by atoms with Gasteiger partial charge >= 0.3 is 0 Å². The molecule has 0 saturated carbocycles. The van der Waals surface area contributed by atoms with Crippen LogP contribution in [0.15, 0.2) is 43.0 Å². The zero-order valence-electron chi connectivity index (χ0n) is 14.8. The lowest BCUT2D eigenvalue weighted by atomic mass is 10.1. The molecule has 0 atom stereocenters. The van der Waals surface area contributed by atoms with Crippen LogP contribution in [0.25, 0.3) is 0 Å². The van der Waals surface area contributed by atoms with Crippen molar-refractivity contribution in [2.24, 2.45) is 0 Å². The number of halogens is 1. The molecule has 0 spiro atoms. The second kappa shape index (κ2) is 8.95. The highest BCUT2D eigenvalue weighted by atomic mass is 35.5. The van der Waals surface area contributed by atoms with E-state index < -0.39 is 11.8 Å². The van der Waals surface area contributed by atoms with E-state index in [1.165, 1.54) is 38.5 Å². The molecule has 0 saturated heterocycles. The van der Waals surface area contributed by atoms with Gasteiger partial charge < -0.3 is 14.6 Å². The van der Waals surface area contributed by atoms with E-state index in [1.54, 1.807) is 12.1 Å². The van der Waals surface area contributed by atoms with Gasteiger partial charge in [-0.15, -0.1) is 6.58 Å². The van der Waals surface area contributed by atoms with E-state index in [9.17, 15) is 14.7 Å². The number of hydrogen-bond donors (Lipinski definition) is 3. The fourth-order valence-electron chi connectivity index (χ4n) is 2.42. The van der Waals surface area contributed by atoms with Crippen LogP contribution in [0.4, 0.5) is 0 Å². The summed E-state index contributed by atoms with van der Waals surface area (Å²) in [6, 6.07) is 7.12. The molecule has 0 bridgehead atoms. The summed E-state index contributed by atoms with van der Waals surface area (Å²) in [4.78, 5) is 24.6. The molecule has 27 heavy (non-hydrogen) atoms. The average molecular weight is 391 g/mol. The van der Waals surface area contributed by atoms with E-state index in [0.717, 1.165) is 0 Å². The largest absolute Gasteiger partial charge is 0.507 e. The summed E-state index contributed by atoms with van der Waals surface area (Å²) in [6.07, 6.45) is 2.13. The first kappa shape index (κ1) is 20.1. The van der Waals surface area contributed by atoms with E-state index in [-0.39, 0.29) is 21.9 Å². The fourth-order valence-corrected chi connectivity index (χ4v) is 2.60. The Morgan fingerprint density at radius 1 is 1.15 bits per heavy atom. The summed E-state index contributed by atoms with van der Waals surface area (Å²) < 4.78 is 10.6. The fraction of sp³-hybridized carbons (Fsp3) is 0.158. The number of amides is 2. The Morgan fingerprint density at radius 2 is 1.85 bits per heavy atom. The average Bonchev–Trinajstić information content (AvgIpc) is 2.67. The van der Waals surface area contributed by atoms with Gasteiger partial charge in [-0.1, -0.05) is 17.7 Å². The minimum absolute atomic E-state index is 0.0672. The molecule has 2 rings (SSSR count). The van der Waals surface area contributed by atoms with E-state index >= 15 is 0 Å². The van der Waals surface area contributed by atoms with Crippen LogP contribution in [0, 0.1) is 0 Å². The maximum absolute atomic E-state index is 12.4. The predicted molar refractivity (Wildman–Crippen MR) is 101 cm³/mol. The van der Waals surface area contributed by atoms with Crippen molar-refractivity contribution in [3.05, 3.63) is 64.7 Å². The number of carbonyl (C=O) groups excluding carboxylic acids is 2. The number of benzene rings is 2. The molecule has 0 aliphatic rings. The van der Waals surface area contributed by atoms with Gasteiger partial charge in [0.05, 0.1) is 19.8 Å². The standard InChI is InChI=1S/C19H19ClN2O5/c1-4-5-11-8-12(9-16(26-2)17(11)27-3)18(24)21-22-19(25)14-10-13(20)6-7-15(14)23/h4,6-10,23H,1,5H2,2-3H3,(H,21,24)(H,22,25). The Balaban J connectivity index is 2.20. The third-order valence-electron chi connectivity index (χ3n) is 3.68. The molecule has 0 fully saturated rings. The van der Waals surface area contributed by atoms with Crippen LogP contribution >= 0.6 is 11.6 Å². The van der Waals surface area contributed by atoms with E-state index in [1.807, 2.05) is 0 Å². The zero-order valence-corrected chi connectivity index (χ0v) is 15.6. The van der Waals surface area contributed by atoms with Gasteiger partial charge in [0.25, 0.3) is 11.8 Å². The first-order chi connectivity index (χ1) is 12.9. The number of ether oxygens (including phenoxy) is 2.